The second-order valence-electron chi connectivity index (χ2n) is 8.27. The Hall–Kier alpha value is -0.410. The third kappa shape index (κ3) is 3.87. The second kappa shape index (κ2) is 6.00. The van der Waals surface area contributed by atoms with E-state index >= 15 is 0 Å². The van der Waals surface area contributed by atoms with Crippen LogP contribution in [-0.4, -0.2) is 11.0 Å². The molecule has 2 fully saturated rings. The highest BCUT2D eigenvalue weighted by molar-refractivity contribution is 7.09. The van der Waals surface area contributed by atoms with E-state index in [2.05, 4.69) is 38.4 Å². The molecule has 0 bridgehead atoms. The summed E-state index contributed by atoms with van der Waals surface area (Å²) in [5.41, 5.74) is 1.42. The van der Waals surface area contributed by atoms with Crippen molar-refractivity contribution in [1.29, 1.82) is 0 Å². The Labute approximate surface area is 133 Å². The molecule has 0 radical (unpaired) electrons. The zero-order valence-corrected chi connectivity index (χ0v) is 14.8. The number of aromatic nitrogens is 1. The number of nitrogens with one attached hydrogen (secondary N) is 1. The van der Waals surface area contributed by atoms with Gasteiger partial charge in [0.05, 0.1) is 11.7 Å². The number of thiazole rings is 1. The lowest BCUT2D eigenvalue weighted by Gasteiger charge is -2.33. The van der Waals surface area contributed by atoms with E-state index in [0.717, 1.165) is 17.9 Å². The summed E-state index contributed by atoms with van der Waals surface area (Å²) in [4.78, 5) is 5.02. The fourth-order valence-electron chi connectivity index (χ4n) is 3.47. The van der Waals surface area contributed by atoms with Crippen molar-refractivity contribution in [3.8, 4) is 0 Å². The maximum atomic E-state index is 5.02. The van der Waals surface area contributed by atoms with Crippen molar-refractivity contribution in [3.05, 3.63) is 16.1 Å². The van der Waals surface area contributed by atoms with Crippen LogP contribution in [0.4, 0.5) is 0 Å². The molecule has 21 heavy (non-hydrogen) atoms. The minimum absolute atomic E-state index is 0.165. The first-order valence-corrected chi connectivity index (χ1v) is 9.53. The van der Waals surface area contributed by atoms with Crippen LogP contribution in [0, 0.1) is 11.8 Å². The molecule has 0 aliphatic heterocycles. The first-order chi connectivity index (χ1) is 9.93. The number of rotatable bonds is 4. The Balaban J connectivity index is 1.79. The molecule has 2 nitrogen and oxygen atoms in total. The Morgan fingerprint density at radius 1 is 1.24 bits per heavy atom. The first kappa shape index (κ1) is 15.5. The van der Waals surface area contributed by atoms with Gasteiger partial charge >= 0.3 is 0 Å². The fourth-order valence-corrected chi connectivity index (χ4v) is 4.67. The van der Waals surface area contributed by atoms with Crippen molar-refractivity contribution in [1.82, 2.24) is 10.3 Å². The first-order valence-electron chi connectivity index (χ1n) is 8.65. The van der Waals surface area contributed by atoms with E-state index in [0.29, 0.717) is 6.04 Å². The second-order valence-corrected chi connectivity index (χ2v) is 9.16. The van der Waals surface area contributed by atoms with Crippen LogP contribution in [0.2, 0.25) is 0 Å². The molecule has 3 unspecified atom stereocenters. The molecule has 1 aromatic rings. The Morgan fingerprint density at radius 2 is 2.00 bits per heavy atom. The zero-order valence-electron chi connectivity index (χ0n) is 14.0. The van der Waals surface area contributed by atoms with Crippen LogP contribution in [0.3, 0.4) is 0 Å². The van der Waals surface area contributed by atoms with Crippen molar-refractivity contribution in [2.45, 2.75) is 83.7 Å². The predicted octanol–water partition coefficient (Wildman–Crippen LogP) is 5.06. The van der Waals surface area contributed by atoms with E-state index in [-0.39, 0.29) is 5.41 Å². The summed E-state index contributed by atoms with van der Waals surface area (Å²) in [5, 5.41) is 7.53. The normalized spacial score (nSPS) is 28.6. The molecule has 1 aromatic heterocycles. The molecular weight excluding hydrogens is 276 g/mol. The van der Waals surface area contributed by atoms with Crippen molar-refractivity contribution < 1.29 is 0 Å². The predicted molar refractivity (Wildman–Crippen MR) is 90.8 cm³/mol. The lowest BCUT2D eigenvalue weighted by molar-refractivity contribution is 0.221. The average Bonchev–Trinajstić information content (AvgIpc) is 3.08. The Morgan fingerprint density at radius 3 is 2.57 bits per heavy atom. The van der Waals surface area contributed by atoms with Crippen molar-refractivity contribution in [2.24, 2.45) is 11.8 Å². The molecule has 118 valence electrons. The van der Waals surface area contributed by atoms with Gasteiger partial charge < -0.3 is 5.32 Å². The summed E-state index contributed by atoms with van der Waals surface area (Å²) in [6.07, 6.45) is 8.27. The number of hydrogen-bond acceptors (Lipinski definition) is 3. The molecule has 2 aliphatic rings. The molecule has 3 heteroatoms. The molecule has 0 aromatic carbocycles. The minimum atomic E-state index is 0.165. The van der Waals surface area contributed by atoms with Crippen LogP contribution in [-0.2, 0) is 5.41 Å². The minimum Gasteiger partial charge on any atom is -0.305 e. The van der Waals surface area contributed by atoms with Crippen LogP contribution in [0.25, 0.3) is 0 Å². The van der Waals surface area contributed by atoms with Crippen LogP contribution < -0.4 is 5.32 Å². The summed E-state index contributed by atoms with van der Waals surface area (Å²) in [6.45, 7) is 9.20. The van der Waals surface area contributed by atoms with Gasteiger partial charge in [0.1, 0.15) is 5.01 Å². The highest BCUT2D eigenvalue weighted by Crippen LogP contribution is 2.40. The smallest absolute Gasteiger partial charge is 0.110 e. The SMILES string of the molecule is CC1CCCC(C(NC2CC2)c2nc(C(C)(C)C)cs2)C1. The standard InChI is InChI=1S/C18H30N2S/c1-12-6-5-7-13(10-12)16(19-14-8-9-14)17-20-15(11-21-17)18(2,3)4/h11-14,16,19H,5-10H2,1-4H3. The third-order valence-corrected chi connectivity index (χ3v) is 5.93. The van der Waals surface area contributed by atoms with E-state index in [9.17, 15) is 0 Å². The maximum Gasteiger partial charge on any atom is 0.110 e. The van der Waals surface area contributed by atoms with Gasteiger partial charge in [-0.25, -0.2) is 4.98 Å². The molecule has 3 rings (SSSR count). The van der Waals surface area contributed by atoms with Gasteiger partial charge in [0.15, 0.2) is 0 Å². The van der Waals surface area contributed by atoms with Gasteiger partial charge in [0, 0.05) is 16.8 Å². The van der Waals surface area contributed by atoms with Crippen molar-refractivity contribution >= 4 is 11.3 Å². The largest absolute Gasteiger partial charge is 0.305 e. The molecule has 2 saturated carbocycles. The Kier molecular flexibility index (Phi) is 4.42. The molecule has 2 aliphatic carbocycles. The average molecular weight is 307 g/mol. The quantitative estimate of drug-likeness (QED) is 0.841. The summed E-state index contributed by atoms with van der Waals surface area (Å²) in [6, 6.07) is 1.26. The molecule has 0 spiro atoms. The maximum absolute atomic E-state index is 5.02. The van der Waals surface area contributed by atoms with Gasteiger partial charge in [-0.05, 0) is 37.5 Å². The van der Waals surface area contributed by atoms with Crippen LogP contribution >= 0.6 is 11.3 Å². The lowest BCUT2D eigenvalue weighted by Crippen LogP contribution is -2.32. The molecule has 1 heterocycles. The highest BCUT2D eigenvalue weighted by atomic mass is 32.1. The molecule has 3 atom stereocenters. The number of hydrogen-bond donors (Lipinski definition) is 1. The zero-order chi connectivity index (χ0) is 15.0. The molecule has 0 saturated heterocycles. The van der Waals surface area contributed by atoms with Gasteiger partial charge in [0.2, 0.25) is 0 Å². The van der Waals surface area contributed by atoms with E-state index in [1.807, 2.05) is 11.3 Å². The van der Waals surface area contributed by atoms with Gasteiger partial charge in [0.25, 0.3) is 0 Å². The number of nitrogens with zero attached hydrogens (tertiary/aromatic N) is 1. The van der Waals surface area contributed by atoms with Crippen LogP contribution in [0.1, 0.15) is 83.0 Å². The molecule has 0 amide bonds. The monoisotopic (exact) mass is 306 g/mol. The third-order valence-electron chi connectivity index (χ3n) is 5.00. The van der Waals surface area contributed by atoms with Gasteiger partial charge in [-0.15, -0.1) is 11.3 Å². The van der Waals surface area contributed by atoms with E-state index in [1.54, 1.807) is 0 Å². The van der Waals surface area contributed by atoms with Gasteiger partial charge in [-0.2, -0.15) is 0 Å². The topological polar surface area (TPSA) is 24.9 Å². The van der Waals surface area contributed by atoms with E-state index < -0.39 is 0 Å². The lowest BCUT2D eigenvalue weighted by atomic mass is 9.78. The Bertz CT molecular complexity index is 470. The summed E-state index contributed by atoms with van der Waals surface area (Å²) < 4.78 is 0. The van der Waals surface area contributed by atoms with Crippen molar-refractivity contribution in [2.75, 3.05) is 0 Å². The highest BCUT2D eigenvalue weighted by Gasteiger charge is 2.34. The summed E-state index contributed by atoms with van der Waals surface area (Å²) >= 11 is 1.88. The van der Waals surface area contributed by atoms with E-state index in [1.165, 1.54) is 49.2 Å². The van der Waals surface area contributed by atoms with Crippen LogP contribution in [0.5, 0.6) is 0 Å². The van der Waals surface area contributed by atoms with Crippen molar-refractivity contribution in [3.63, 3.8) is 0 Å². The van der Waals surface area contributed by atoms with Gasteiger partial charge in [-0.3, -0.25) is 0 Å². The molecular formula is C18H30N2S. The molecule has 1 N–H and O–H groups in total. The summed E-state index contributed by atoms with van der Waals surface area (Å²) in [5.74, 6) is 1.67. The van der Waals surface area contributed by atoms with E-state index in [4.69, 9.17) is 4.98 Å². The summed E-state index contributed by atoms with van der Waals surface area (Å²) in [7, 11) is 0. The fraction of sp³-hybridized carbons (Fsp3) is 0.833. The van der Waals surface area contributed by atoms with Gasteiger partial charge in [-0.1, -0.05) is 40.5 Å². The van der Waals surface area contributed by atoms with Crippen LogP contribution in [0.15, 0.2) is 5.38 Å².